The van der Waals surface area contributed by atoms with Crippen LogP contribution in [-0.2, 0) is 11.3 Å². The van der Waals surface area contributed by atoms with E-state index >= 15 is 0 Å². The Labute approximate surface area is 152 Å². The number of nitrogens with zero attached hydrogens (tertiary/aromatic N) is 2. The van der Waals surface area contributed by atoms with E-state index in [1.54, 1.807) is 30.3 Å². The minimum atomic E-state index is -0.596. The third-order valence-corrected chi connectivity index (χ3v) is 3.85. The molecule has 0 saturated heterocycles. The van der Waals surface area contributed by atoms with E-state index in [1.807, 2.05) is 13.0 Å². The Balaban J connectivity index is 1.73. The maximum absolute atomic E-state index is 12.0. The Morgan fingerprint density at radius 3 is 2.68 bits per heavy atom. The number of halogens is 2. The van der Waals surface area contributed by atoms with Gasteiger partial charge in [-0.05, 0) is 48.4 Å². The van der Waals surface area contributed by atoms with Crippen molar-refractivity contribution in [1.29, 1.82) is 0 Å². The molecule has 1 aromatic heterocycles. The number of nitrogens with one attached hydrogen (secondary N) is 1. The van der Waals surface area contributed by atoms with Crippen LogP contribution in [0.2, 0.25) is 10.0 Å². The van der Waals surface area contributed by atoms with Gasteiger partial charge in [0.1, 0.15) is 6.54 Å². The van der Waals surface area contributed by atoms with Crippen molar-refractivity contribution in [3.63, 3.8) is 0 Å². The second-order valence-electron chi connectivity index (χ2n) is 5.42. The van der Waals surface area contributed by atoms with Gasteiger partial charge in [-0.15, -0.1) is 0 Å². The van der Waals surface area contributed by atoms with Crippen molar-refractivity contribution in [3.05, 3.63) is 68.1 Å². The molecule has 25 heavy (non-hydrogen) atoms. The molecule has 0 unspecified atom stereocenters. The summed E-state index contributed by atoms with van der Waals surface area (Å²) in [6.07, 6.45) is 1.41. The minimum absolute atomic E-state index is 0.205. The van der Waals surface area contributed by atoms with E-state index in [9.17, 15) is 9.59 Å². The lowest BCUT2D eigenvalue weighted by Crippen LogP contribution is -2.27. The number of aryl methyl sites for hydroxylation is 1. The van der Waals surface area contributed by atoms with E-state index in [2.05, 4.69) is 10.5 Å². The maximum atomic E-state index is 12.0. The van der Waals surface area contributed by atoms with E-state index in [0.29, 0.717) is 26.7 Å². The van der Waals surface area contributed by atoms with Crippen LogP contribution in [0.25, 0.3) is 11.1 Å². The minimum Gasteiger partial charge on any atom is -0.408 e. The Morgan fingerprint density at radius 2 is 1.96 bits per heavy atom. The van der Waals surface area contributed by atoms with Crippen LogP contribution in [0, 0.1) is 6.92 Å². The van der Waals surface area contributed by atoms with Gasteiger partial charge in [0, 0.05) is 10.0 Å². The third kappa shape index (κ3) is 4.10. The lowest BCUT2D eigenvalue weighted by Gasteiger charge is -2.02. The first-order chi connectivity index (χ1) is 11.9. The number of oxazole rings is 1. The molecule has 128 valence electrons. The van der Waals surface area contributed by atoms with Gasteiger partial charge in [-0.25, -0.2) is 10.2 Å². The highest BCUT2D eigenvalue weighted by Crippen LogP contribution is 2.18. The average Bonchev–Trinajstić information content (AvgIpc) is 2.82. The summed E-state index contributed by atoms with van der Waals surface area (Å²) in [6, 6.07) is 10.2. The van der Waals surface area contributed by atoms with Crippen molar-refractivity contribution in [1.82, 2.24) is 9.99 Å². The first-order valence-corrected chi connectivity index (χ1v) is 8.06. The summed E-state index contributed by atoms with van der Waals surface area (Å²) in [7, 11) is 0. The van der Waals surface area contributed by atoms with Gasteiger partial charge in [0.2, 0.25) is 0 Å². The van der Waals surface area contributed by atoms with Crippen LogP contribution < -0.4 is 11.2 Å². The van der Waals surface area contributed by atoms with Crippen molar-refractivity contribution in [2.24, 2.45) is 5.10 Å². The zero-order valence-electron chi connectivity index (χ0n) is 13.1. The van der Waals surface area contributed by atoms with E-state index in [0.717, 1.165) is 5.56 Å². The number of amides is 1. The second-order valence-corrected chi connectivity index (χ2v) is 6.29. The van der Waals surface area contributed by atoms with E-state index in [1.165, 1.54) is 10.8 Å². The lowest BCUT2D eigenvalue weighted by atomic mass is 10.2. The van der Waals surface area contributed by atoms with Crippen LogP contribution in [0.15, 0.2) is 50.7 Å². The number of benzene rings is 2. The fourth-order valence-electron chi connectivity index (χ4n) is 2.33. The predicted molar refractivity (Wildman–Crippen MR) is 97.4 cm³/mol. The van der Waals surface area contributed by atoms with Gasteiger partial charge in [0.05, 0.1) is 11.7 Å². The molecular weight excluding hydrogens is 365 g/mol. The molecule has 3 aromatic rings. The summed E-state index contributed by atoms with van der Waals surface area (Å²) >= 11 is 11.8. The average molecular weight is 378 g/mol. The van der Waals surface area contributed by atoms with Gasteiger partial charge in [-0.2, -0.15) is 5.10 Å². The SMILES string of the molecule is Cc1ccc2oc(=O)n(CC(=O)N/N=C/c3cc(Cl)cc(Cl)c3)c2c1. The number of hydrazone groups is 1. The quantitative estimate of drug-likeness (QED) is 0.559. The normalized spacial score (nSPS) is 11.3. The topological polar surface area (TPSA) is 76.6 Å². The monoisotopic (exact) mass is 377 g/mol. The highest BCUT2D eigenvalue weighted by molar-refractivity contribution is 6.35. The lowest BCUT2D eigenvalue weighted by molar-refractivity contribution is -0.121. The largest absolute Gasteiger partial charge is 0.420 e. The van der Waals surface area contributed by atoms with Crippen LogP contribution >= 0.6 is 23.2 Å². The second kappa shape index (κ2) is 7.13. The number of hydrogen-bond acceptors (Lipinski definition) is 4. The van der Waals surface area contributed by atoms with E-state index < -0.39 is 11.7 Å². The number of carbonyl (C=O) groups excluding carboxylic acids is 1. The van der Waals surface area contributed by atoms with Gasteiger partial charge in [0.15, 0.2) is 5.58 Å². The molecule has 0 fully saturated rings. The van der Waals surface area contributed by atoms with Gasteiger partial charge in [-0.3, -0.25) is 9.36 Å². The van der Waals surface area contributed by atoms with Gasteiger partial charge < -0.3 is 4.42 Å². The Hall–Kier alpha value is -2.57. The Kier molecular flexibility index (Phi) is 4.92. The molecule has 0 spiro atoms. The molecule has 0 radical (unpaired) electrons. The van der Waals surface area contributed by atoms with Crippen molar-refractivity contribution in [2.75, 3.05) is 0 Å². The maximum Gasteiger partial charge on any atom is 0.420 e. The Morgan fingerprint density at radius 1 is 1.24 bits per heavy atom. The van der Waals surface area contributed by atoms with Crippen LogP contribution in [0.3, 0.4) is 0 Å². The fraction of sp³-hybridized carbons (Fsp3) is 0.118. The Bertz CT molecular complexity index is 1020. The molecular formula is C17H13Cl2N3O3. The fourth-order valence-corrected chi connectivity index (χ4v) is 2.87. The molecule has 1 N–H and O–H groups in total. The van der Waals surface area contributed by atoms with Crippen LogP contribution in [0.5, 0.6) is 0 Å². The molecule has 3 rings (SSSR count). The molecule has 1 amide bonds. The first kappa shape index (κ1) is 17.3. The molecule has 0 saturated carbocycles. The van der Waals surface area contributed by atoms with Crippen LogP contribution in [0.1, 0.15) is 11.1 Å². The summed E-state index contributed by atoms with van der Waals surface area (Å²) in [5, 5.41) is 4.77. The van der Waals surface area contributed by atoms with Gasteiger partial charge >= 0.3 is 5.76 Å². The molecule has 0 atom stereocenters. The summed E-state index contributed by atoms with van der Waals surface area (Å²) in [4.78, 5) is 23.9. The van der Waals surface area contributed by atoms with Gasteiger partial charge in [-0.1, -0.05) is 29.3 Å². The molecule has 8 heteroatoms. The van der Waals surface area contributed by atoms with Crippen LogP contribution in [0.4, 0.5) is 0 Å². The standard InChI is InChI=1S/C17H13Cl2N3O3/c1-10-2-3-15-14(4-10)22(17(24)25-15)9-16(23)21-20-8-11-5-12(18)7-13(19)6-11/h2-8H,9H2,1H3,(H,21,23)/b20-8+. The summed E-state index contributed by atoms with van der Waals surface area (Å²) in [5.74, 6) is -1.06. The summed E-state index contributed by atoms with van der Waals surface area (Å²) in [6.45, 7) is 1.69. The number of fused-ring (bicyclic) bond motifs is 1. The zero-order chi connectivity index (χ0) is 18.0. The van der Waals surface area contributed by atoms with Crippen molar-refractivity contribution in [2.45, 2.75) is 13.5 Å². The van der Waals surface area contributed by atoms with Crippen LogP contribution in [-0.4, -0.2) is 16.7 Å². The van der Waals surface area contributed by atoms with E-state index in [-0.39, 0.29) is 6.54 Å². The first-order valence-electron chi connectivity index (χ1n) is 7.30. The molecule has 2 aromatic carbocycles. The molecule has 0 aliphatic heterocycles. The predicted octanol–water partition coefficient (Wildman–Crippen LogP) is 3.36. The molecule has 0 aliphatic rings. The highest BCUT2D eigenvalue weighted by atomic mass is 35.5. The summed E-state index contributed by atoms with van der Waals surface area (Å²) in [5.41, 5.74) is 4.94. The number of aromatic nitrogens is 1. The zero-order valence-corrected chi connectivity index (χ0v) is 14.6. The molecule has 0 aliphatic carbocycles. The molecule has 0 bridgehead atoms. The highest BCUT2D eigenvalue weighted by Gasteiger charge is 2.12. The smallest absolute Gasteiger partial charge is 0.408 e. The number of carbonyl (C=O) groups is 1. The van der Waals surface area contributed by atoms with E-state index in [4.69, 9.17) is 27.6 Å². The molecule has 1 heterocycles. The third-order valence-electron chi connectivity index (χ3n) is 3.41. The molecule has 6 nitrogen and oxygen atoms in total. The van der Waals surface area contributed by atoms with Gasteiger partial charge in [0.25, 0.3) is 5.91 Å². The van der Waals surface area contributed by atoms with Crippen molar-refractivity contribution >= 4 is 46.4 Å². The number of rotatable bonds is 4. The summed E-state index contributed by atoms with van der Waals surface area (Å²) < 4.78 is 6.37. The van der Waals surface area contributed by atoms with Crippen molar-refractivity contribution in [3.8, 4) is 0 Å². The number of hydrogen-bond donors (Lipinski definition) is 1. The van der Waals surface area contributed by atoms with Crippen molar-refractivity contribution < 1.29 is 9.21 Å².